The van der Waals surface area contributed by atoms with Gasteiger partial charge in [0.15, 0.2) is 0 Å². The second-order valence-corrected chi connectivity index (χ2v) is 8.86. The molecule has 0 spiro atoms. The highest BCUT2D eigenvalue weighted by Gasteiger charge is 2.30. The predicted octanol–water partition coefficient (Wildman–Crippen LogP) is 3.29. The fraction of sp³-hybridized carbons (Fsp3) is 0.542. The van der Waals surface area contributed by atoms with E-state index in [4.69, 9.17) is 9.97 Å². The zero-order valence-electron chi connectivity index (χ0n) is 18.7. The highest BCUT2D eigenvalue weighted by Crippen LogP contribution is 2.30. The van der Waals surface area contributed by atoms with Crippen LogP contribution in [0.1, 0.15) is 53.4 Å². The predicted molar refractivity (Wildman–Crippen MR) is 120 cm³/mol. The van der Waals surface area contributed by atoms with Crippen LogP contribution in [-0.2, 0) is 24.2 Å². The topological polar surface area (TPSA) is 61.4 Å². The van der Waals surface area contributed by atoms with Crippen molar-refractivity contribution in [3.8, 4) is 0 Å². The number of amides is 1. The van der Waals surface area contributed by atoms with Gasteiger partial charge in [0.05, 0.1) is 5.69 Å². The lowest BCUT2D eigenvalue weighted by Gasteiger charge is -2.26. The summed E-state index contributed by atoms with van der Waals surface area (Å²) in [5.74, 6) is 1.99. The maximum absolute atomic E-state index is 13.4. The van der Waals surface area contributed by atoms with E-state index in [-0.39, 0.29) is 17.6 Å². The Morgan fingerprint density at radius 1 is 1.29 bits per heavy atom. The van der Waals surface area contributed by atoms with Gasteiger partial charge in [-0.25, -0.2) is 14.4 Å². The molecular weight excluding hydrogens is 393 g/mol. The molecule has 0 bridgehead atoms. The van der Waals surface area contributed by atoms with Gasteiger partial charge in [-0.1, -0.05) is 12.1 Å². The third kappa shape index (κ3) is 4.87. The van der Waals surface area contributed by atoms with Crippen molar-refractivity contribution < 1.29 is 9.18 Å². The van der Waals surface area contributed by atoms with E-state index in [0.29, 0.717) is 18.5 Å². The van der Waals surface area contributed by atoms with Gasteiger partial charge in [0, 0.05) is 51.1 Å². The number of benzene rings is 1. The van der Waals surface area contributed by atoms with Gasteiger partial charge in [-0.05, 0) is 56.8 Å². The van der Waals surface area contributed by atoms with Gasteiger partial charge >= 0.3 is 0 Å². The van der Waals surface area contributed by atoms with Gasteiger partial charge in [-0.15, -0.1) is 0 Å². The van der Waals surface area contributed by atoms with Crippen LogP contribution in [0.25, 0.3) is 0 Å². The van der Waals surface area contributed by atoms with Gasteiger partial charge in [-0.3, -0.25) is 4.79 Å². The molecule has 7 heteroatoms. The van der Waals surface area contributed by atoms with E-state index in [9.17, 15) is 9.18 Å². The lowest BCUT2D eigenvalue weighted by molar-refractivity contribution is -0.130. The smallest absolute Gasteiger partial charge is 0.222 e. The Balaban J connectivity index is 1.35. The number of likely N-dealkylation sites (tertiary alicyclic amines) is 1. The first-order chi connectivity index (χ1) is 14.9. The minimum atomic E-state index is -0.180. The summed E-state index contributed by atoms with van der Waals surface area (Å²) < 4.78 is 13.4. The second-order valence-electron chi connectivity index (χ2n) is 8.86. The molecule has 2 aromatic rings. The van der Waals surface area contributed by atoms with Crippen molar-refractivity contribution in [3.05, 3.63) is 52.2 Å². The molecule has 166 valence electrons. The van der Waals surface area contributed by atoms with E-state index in [1.165, 1.54) is 11.6 Å². The third-order valence-electron chi connectivity index (χ3n) is 6.49. The Morgan fingerprint density at radius 3 is 2.90 bits per heavy atom. The molecule has 1 aromatic carbocycles. The first-order valence-corrected chi connectivity index (χ1v) is 11.2. The summed E-state index contributed by atoms with van der Waals surface area (Å²) in [5, 5.41) is 3.24. The van der Waals surface area contributed by atoms with E-state index < -0.39 is 0 Å². The summed E-state index contributed by atoms with van der Waals surface area (Å²) in [6, 6.07) is 5.19. The average Bonchev–Trinajstić information content (AvgIpc) is 3.25. The van der Waals surface area contributed by atoms with Crippen molar-refractivity contribution in [1.82, 2.24) is 19.8 Å². The SMILES string of the molecule is CNc1nc([C@H]2CCN(C(=O)CCCc3ccc(F)c(C)c3)C2)nc2c1CCN(C)C2. The minimum Gasteiger partial charge on any atom is -0.373 e. The fourth-order valence-corrected chi connectivity index (χ4v) is 4.63. The maximum Gasteiger partial charge on any atom is 0.222 e. The van der Waals surface area contributed by atoms with Crippen LogP contribution in [-0.4, -0.2) is 59.4 Å². The number of hydrogen-bond acceptors (Lipinski definition) is 5. The monoisotopic (exact) mass is 425 g/mol. The third-order valence-corrected chi connectivity index (χ3v) is 6.49. The number of rotatable bonds is 6. The van der Waals surface area contributed by atoms with Crippen LogP contribution >= 0.6 is 0 Å². The zero-order chi connectivity index (χ0) is 22.0. The van der Waals surface area contributed by atoms with Crippen LogP contribution in [0.4, 0.5) is 10.2 Å². The summed E-state index contributed by atoms with van der Waals surface area (Å²) in [5.41, 5.74) is 4.08. The molecule has 1 saturated heterocycles. The molecule has 1 aromatic heterocycles. The number of nitrogens with zero attached hydrogens (tertiary/aromatic N) is 4. The number of halogens is 1. The zero-order valence-corrected chi connectivity index (χ0v) is 18.7. The Kier molecular flexibility index (Phi) is 6.51. The molecule has 1 fully saturated rings. The number of aryl methyl sites for hydroxylation is 2. The summed E-state index contributed by atoms with van der Waals surface area (Å²) >= 11 is 0. The van der Waals surface area contributed by atoms with E-state index in [0.717, 1.165) is 68.2 Å². The van der Waals surface area contributed by atoms with Crippen molar-refractivity contribution in [3.63, 3.8) is 0 Å². The number of fused-ring (bicyclic) bond motifs is 1. The number of aromatic nitrogens is 2. The largest absolute Gasteiger partial charge is 0.373 e. The molecule has 2 aliphatic heterocycles. The fourth-order valence-electron chi connectivity index (χ4n) is 4.63. The van der Waals surface area contributed by atoms with Crippen molar-refractivity contribution in [2.45, 2.75) is 51.5 Å². The van der Waals surface area contributed by atoms with Crippen LogP contribution in [0.2, 0.25) is 0 Å². The Morgan fingerprint density at radius 2 is 2.13 bits per heavy atom. The molecule has 1 amide bonds. The van der Waals surface area contributed by atoms with Crippen molar-refractivity contribution in [2.75, 3.05) is 39.0 Å². The molecular formula is C24H32FN5O. The summed E-state index contributed by atoms with van der Waals surface area (Å²) in [4.78, 5) is 26.7. The van der Waals surface area contributed by atoms with E-state index >= 15 is 0 Å². The quantitative estimate of drug-likeness (QED) is 0.770. The average molecular weight is 426 g/mol. The summed E-state index contributed by atoms with van der Waals surface area (Å²) in [6.45, 7) is 5.08. The van der Waals surface area contributed by atoms with Crippen LogP contribution in [0.3, 0.4) is 0 Å². The number of anilines is 1. The van der Waals surface area contributed by atoms with Crippen LogP contribution < -0.4 is 5.32 Å². The molecule has 4 rings (SSSR count). The molecule has 3 heterocycles. The first-order valence-electron chi connectivity index (χ1n) is 11.2. The van der Waals surface area contributed by atoms with Gasteiger partial charge in [-0.2, -0.15) is 0 Å². The summed E-state index contributed by atoms with van der Waals surface area (Å²) in [7, 11) is 4.03. The Bertz CT molecular complexity index is 963. The standard InChI is InChI=1S/C24H32FN5O/c1-16-13-17(7-8-20(16)25)5-4-6-22(31)30-12-9-18(14-30)23-27-21-15-29(3)11-10-19(21)24(26-2)28-23/h7-8,13,18H,4-6,9-12,14-15H2,1-3H3,(H,26,27,28)/t18-/m0/s1. The van der Waals surface area contributed by atoms with Crippen molar-refractivity contribution >= 4 is 11.7 Å². The number of carbonyl (C=O) groups excluding carboxylic acids is 1. The maximum atomic E-state index is 13.4. The highest BCUT2D eigenvalue weighted by molar-refractivity contribution is 5.76. The minimum absolute atomic E-state index is 0.180. The van der Waals surface area contributed by atoms with E-state index in [1.54, 1.807) is 6.92 Å². The van der Waals surface area contributed by atoms with Crippen molar-refractivity contribution in [1.29, 1.82) is 0 Å². The molecule has 6 nitrogen and oxygen atoms in total. The van der Waals surface area contributed by atoms with Crippen LogP contribution in [0.15, 0.2) is 18.2 Å². The normalized spacial score (nSPS) is 18.8. The summed E-state index contributed by atoms with van der Waals surface area (Å²) in [6.07, 6.45) is 3.94. The Hall–Kier alpha value is -2.54. The molecule has 0 saturated carbocycles. The second kappa shape index (κ2) is 9.30. The van der Waals surface area contributed by atoms with E-state index in [1.807, 2.05) is 24.1 Å². The molecule has 2 aliphatic rings. The lowest BCUT2D eigenvalue weighted by atomic mass is 10.0. The molecule has 31 heavy (non-hydrogen) atoms. The molecule has 0 unspecified atom stereocenters. The number of nitrogens with one attached hydrogen (secondary N) is 1. The van der Waals surface area contributed by atoms with Crippen LogP contribution in [0.5, 0.6) is 0 Å². The molecule has 0 radical (unpaired) electrons. The highest BCUT2D eigenvalue weighted by atomic mass is 19.1. The van der Waals surface area contributed by atoms with Gasteiger partial charge in [0.25, 0.3) is 0 Å². The van der Waals surface area contributed by atoms with E-state index in [2.05, 4.69) is 17.3 Å². The van der Waals surface area contributed by atoms with Crippen LogP contribution in [0, 0.1) is 12.7 Å². The van der Waals surface area contributed by atoms with Gasteiger partial charge in [0.1, 0.15) is 17.5 Å². The Labute approximate surface area is 183 Å². The first kappa shape index (κ1) is 21.7. The molecule has 1 N–H and O–H groups in total. The number of carbonyl (C=O) groups is 1. The molecule has 1 atom stereocenters. The number of likely N-dealkylation sites (N-methyl/N-ethyl adjacent to an activating group) is 1. The van der Waals surface area contributed by atoms with Gasteiger partial charge in [0.2, 0.25) is 5.91 Å². The molecule has 0 aliphatic carbocycles. The van der Waals surface area contributed by atoms with Gasteiger partial charge < -0.3 is 15.1 Å². The van der Waals surface area contributed by atoms with Crippen molar-refractivity contribution in [2.24, 2.45) is 0 Å². The lowest BCUT2D eigenvalue weighted by Crippen LogP contribution is -2.30. The number of hydrogen-bond donors (Lipinski definition) is 1.